The highest BCUT2D eigenvalue weighted by molar-refractivity contribution is 5.94. The van der Waals surface area contributed by atoms with Gasteiger partial charge in [-0.25, -0.2) is 9.37 Å². The van der Waals surface area contributed by atoms with Gasteiger partial charge in [-0.05, 0) is 31.0 Å². The molecule has 1 aliphatic heterocycles. The minimum atomic E-state index is -0.166. The molecule has 0 radical (unpaired) electrons. The maximum atomic E-state index is 13.8. The first kappa shape index (κ1) is 18.2. The van der Waals surface area contributed by atoms with E-state index >= 15 is 0 Å². The van der Waals surface area contributed by atoms with Crippen molar-refractivity contribution in [2.45, 2.75) is 25.4 Å². The van der Waals surface area contributed by atoms with Gasteiger partial charge in [-0.2, -0.15) is 0 Å². The summed E-state index contributed by atoms with van der Waals surface area (Å²) < 4.78 is 15.5. The number of carbonyl (C=O) groups is 1. The largest absolute Gasteiger partial charge is 0.349 e. The van der Waals surface area contributed by atoms with Gasteiger partial charge in [-0.3, -0.25) is 14.3 Å². The van der Waals surface area contributed by atoms with Crippen LogP contribution in [0.1, 0.15) is 28.8 Å². The fourth-order valence-electron chi connectivity index (χ4n) is 3.36. The Hall–Kier alpha value is -3.13. The Morgan fingerprint density at radius 3 is 2.54 bits per heavy atom. The Morgan fingerprint density at radius 2 is 1.86 bits per heavy atom. The molecule has 0 saturated carbocycles. The van der Waals surface area contributed by atoms with Crippen LogP contribution < -0.4 is 5.32 Å². The Labute approximate surface area is 162 Å². The topological polar surface area (TPSA) is 75.9 Å². The van der Waals surface area contributed by atoms with Crippen molar-refractivity contribution < 1.29 is 9.18 Å². The van der Waals surface area contributed by atoms with Crippen molar-refractivity contribution in [3.05, 3.63) is 72.2 Å². The SMILES string of the molecule is O=C(NC1CCN(Cc2ccccc2F)CC1)c1ccc(-n2cnnc2)nc1. The highest BCUT2D eigenvalue weighted by Crippen LogP contribution is 2.16. The molecule has 4 rings (SSSR count). The Kier molecular flexibility index (Phi) is 5.38. The van der Waals surface area contributed by atoms with E-state index in [0.717, 1.165) is 25.9 Å². The molecule has 3 aromatic rings. The summed E-state index contributed by atoms with van der Waals surface area (Å²) in [5.74, 6) is 0.360. The van der Waals surface area contributed by atoms with Crippen molar-refractivity contribution in [2.24, 2.45) is 0 Å². The number of aromatic nitrogens is 4. The van der Waals surface area contributed by atoms with E-state index in [9.17, 15) is 9.18 Å². The minimum absolute atomic E-state index is 0.113. The summed E-state index contributed by atoms with van der Waals surface area (Å²) >= 11 is 0. The van der Waals surface area contributed by atoms with E-state index in [2.05, 4.69) is 25.4 Å². The van der Waals surface area contributed by atoms with Crippen LogP contribution in [0, 0.1) is 5.82 Å². The molecule has 1 amide bonds. The van der Waals surface area contributed by atoms with E-state index in [1.807, 2.05) is 12.1 Å². The third kappa shape index (κ3) is 4.23. The fraction of sp³-hybridized carbons (Fsp3) is 0.300. The van der Waals surface area contributed by atoms with Gasteiger partial charge >= 0.3 is 0 Å². The van der Waals surface area contributed by atoms with Crippen LogP contribution in [-0.4, -0.2) is 49.7 Å². The van der Waals surface area contributed by atoms with Gasteiger partial charge in [0.1, 0.15) is 24.3 Å². The van der Waals surface area contributed by atoms with Gasteiger partial charge in [0.2, 0.25) is 0 Å². The molecule has 7 nitrogen and oxygen atoms in total. The molecule has 0 aliphatic carbocycles. The molecule has 0 spiro atoms. The molecule has 2 aromatic heterocycles. The number of nitrogens with zero attached hydrogens (tertiary/aromatic N) is 5. The number of halogens is 1. The monoisotopic (exact) mass is 380 g/mol. The molecule has 1 N–H and O–H groups in total. The second-order valence-electron chi connectivity index (χ2n) is 6.89. The molecule has 28 heavy (non-hydrogen) atoms. The molecular weight excluding hydrogens is 359 g/mol. The summed E-state index contributed by atoms with van der Waals surface area (Å²) in [6.07, 6.45) is 6.34. The number of amides is 1. The minimum Gasteiger partial charge on any atom is -0.349 e. The van der Waals surface area contributed by atoms with Gasteiger partial charge in [-0.15, -0.1) is 10.2 Å². The lowest BCUT2D eigenvalue weighted by molar-refractivity contribution is 0.0908. The van der Waals surface area contributed by atoms with E-state index in [-0.39, 0.29) is 17.8 Å². The second kappa shape index (κ2) is 8.26. The number of piperidine rings is 1. The van der Waals surface area contributed by atoms with Gasteiger partial charge in [0.15, 0.2) is 0 Å². The molecule has 1 aliphatic rings. The Balaban J connectivity index is 1.28. The Morgan fingerprint density at radius 1 is 1.11 bits per heavy atom. The molecule has 1 saturated heterocycles. The maximum Gasteiger partial charge on any atom is 0.253 e. The number of carbonyl (C=O) groups excluding carboxylic acids is 1. The summed E-state index contributed by atoms with van der Waals surface area (Å²) in [6.45, 7) is 2.25. The van der Waals surface area contributed by atoms with Gasteiger partial charge in [-0.1, -0.05) is 18.2 Å². The third-order valence-electron chi connectivity index (χ3n) is 4.97. The van der Waals surface area contributed by atoms with E-state index in [4.69, 9.17) is 0 Å². The van der Waals surface area contributed by atoms with Crippen LogP contribution in [0.15, 0.2) is 55.2 Å². The summed E-state index contributed by atoms with van der Waals surface area (Å²) in [4.78, 5) is 19.0. The summed E-state index contributed by atoms with van der Waals surface area (Å²) in [7, 11) is 0. The number of hydrogen-bond acceptors (Lipinski definition) is 5. The predicted molar refractivity (Wildman–Crippen MR) is 101 cm³/mol. The van der Waals surface area contributed by atoms with Gasteiger partial charge in [0.25, 0.3) is 5.91 Å². The highest BCUT2D eigenvalue weighted by Gasteiger charge is 2.22. The highest BCUT2D eigenvalue weighted by atomic mass is 19.1. The van der Waals surface area contributed by atoms with E-state index in [1.165, 1.54) is 6.07 Å². The molecule has 0 atom stereocenters. The van der Waals surface area contributed by atoms with Crippen LogP contribution in [0.4, 0.5) is 4.39 Å². The van der Waals surface area contributed by atoms with E-state index < -0.39 is 0 Å². The molecule has 8 heteroatoms. The van der Waals surface area contributed by atoms with Crippen molar-refractivity contribution in [3.8, 4) is 5.82 Å². The zero-order chi connectivity index (χ0) is 19.3. The van der Waals surface area contributed by atoms with Gasteiger partial charge in [0, 0.05) is 37.4 Å². The van der Waals surface area contributed by atoms with Crippen LogP contribution in [0.25, 0.3) is 5.82 Å². The fourth-order valence-corrected chi connectivity index (χ4v) is 3.36. The number of nitrogens with one attached hydrogen (secondary N) is 1. The zero-order valence-electron chi connectivity index (χ0n) is 15.3. The smallest absolute Gasteiger partial charge is 0.253 e. The summed E-state index contributed by atoms with van der Waals surface area (Å²) in [5.41, 5.74) is 1.23. The molecule has 1 aromatic carbocycles. The van der Waals surface area contributed by atoms with Gasteiger partial charge in [0.05, 0.1) is 5.56 Å². The standard InChI is InChI=1S/C20H21FN6O/c21-18-4-2-1-3-16(18)12-26-9-7-17(8-10-26)25-20(28)15-5-6-19(22-11-15)27-13-23-24-14-27/h1-6,11,13-14,17H,7-10,12H2,(H,25,28). The van der Waals surface area contributed by atoms with Gasteiger partial charge < -0.3 is 5.32 Å². The van der Waals surface area contributed by atoms with Crippen LogP contribution in [0.5, 0.6) is 0 Å². The number of rotatable bonds is 5. The van der Waals surface area contributed by atoms with Crippen LogP contribution in [-0.2, 0) is 6.54 Å². The lowest BCUT2D eigenvalue weighted by Crippen LogP contribution is -2.44. The van der Waals surface area contributed by atoms with Crippen molar-refractivity contribution in [1.82, 2.24) is 30.0 Å². The zero-order valence-corrected chi connectivity index (χ0v) is 15.3. The first-order valence-electron chi connectivity index (χ1n) is 9.27. The summed E-state index contributed by atoms with van der Waals surface area (Å²) in [5, 5.41) is 10.6. The van der Waals surface area contributed by atoms with Crippen LogP contribution >= 0.6 is 0 Å². The van der Waals surface area contributed by atoms with Crippen molar-refractivity contribution in [3.63, 3.8) is 0 Å². The first-order valence-corrected chi connectivity index (χ1v) is 9.27. The normalized spacial score (nSPS) is 15.5. The Bertz CT molecular complexity index is 920. The number of hydrogen-bond donors (Lipinski definition) is 1. The molecule has 144 valence electrons. The van der Waals surface area contributed by atoms with Crippen molar-refractivity contribution in [1.29, 1.82) is 0 Å². The average Bonchev–Trinajstić information content (AvgIpc) is 3.26. The lowest BCUT2D eigenvalue weighted by Gasteiger charge is -2.32. The molecule has 0 unspecified atom stereocenters. The first-order chi connectivity index (χ1) is 13.7. The molecule has 0 bridgehead atoms. The molecule has 1 fully saturated rings. The van der Waals surface area contributed by atoms with E-state index in [0.29, 0.717) is 23.5 Å². The maximum absolute atomic E-state index is 13.8. The third-order valence-corrected chi connectivity index (χ3v) is 4.97. The number of benzene rings is 1. The lowest BCUT2D eigenvalue weighted by atomic mass is 10.0. The molecular formula is C20H21FN6O. The quantitative estimate of drug-likeness (QED) is 0.734. The number of likely N-dealkylation sites (tertiary alicyclic amines) is 1. The second-order valence-corrected chi connectivity index (χ2v) is 6.89. The van der Waals surface area contributed by atoms with Crippen molar-refractivity contribution >= 4 is 5.91 Å². The number of pyridine rings is 1. The van der Waals surface area contributed by atoms with E-state index in [1.54, 1.807) is 41.6 Å². The molecule has 3 heterocycles. The van der Waals surface area contributed by atoms with Crippen molar-refractivity contribution in [2.75, 3.05) is 13.1 Å². The van der Waals surface area contributed by atoms with Crippen LogP contribution in [0.3, 0.4) is 0 Å². The predicted octanol–water partition coefficient (Wildman–Crippen LogP) is 2.20. The van der Waals surface area contributed by atoms with Crippen LogP contribution in [0.2, 0.25) is 0 Å². The average molecular weight is 380 g/mol. The summed E-state index contributed by atoms with van der Waals surface area (Å²) in [6, 6.07) is 10.5.